The Balaban J connectivity index is 0.00000288. The van der Waals surface area contributed by atoms with Gasteiger partial charge in [-0.15, -0.1) is 24.0 Å². The second-order valence-electron chi connectivity index (χ2n) is 5.04. The van der Waals surface area contributed by atoms with Crippen LogP contribution in [0.25, 0.3) is 0 Å². The van der Waals surface area contributed by atoms with Gasteiger partial charge < -0.3 is 15.4 Å². The largest absolute Gasteiger partial charge is 0.496 e. The normalized spacial score (nSPS) is 10.7. The fourth-order valence-electron chi connectivity index (χ4n) is 2.27. The number of hydrogen-bond donors (Lipinski definition) is 2. The number of rotatable bonds is 6. The van der Waals surface area contributed by atoms with Gasteiger partial charge in [0.05, 0.1) is 7.11 Å². The van der Waals surface area contributed by atoms with E-state index in [1.807, 2.05) is 30.3 Å². The molecule has 0 amide bonds. The molecule has 0 heterocycles. The second-order valence-corrected chi connectivity index (χ2v) is 5.04. The van der Waals surface area contributed by atoms with Gasteiger partial charge in [-0.25, -0.2) is 4.39 Å². The van der Waals surface area contributed by atoms with Crippen molar-refractivity contribution in [3.8, 4) is 5.75 Å². The van der Waals surface area contributed by atoms with E-state index in [1.165, 1.54) is 6.07 Å². The molecule has 2 rings (SSSR count). The van der Waals surface area contributed by atoms with Gasteiger partial charge in [0, 0.05) is 25.7 Å². The van der Waals surface area contributed by atoms with Crippen LogP contribution in [0.15, 0.2) is 53.5 Å². The Morgan fingerprint density at radius 2 is 1.92 bits per heavy atom. The van der Waals surface area contributed by atoms with Crippen LogP contribution in [0.4, 0.5) is 4.39 Å². The van der Waals surface area contributed by atoms with E-state index in [0.29, 0.717) is 19.0 Å². The molecule has 0 saturated heterocycles. The number of para-hydroxylation sites is 1. The molecule has 0 aliphatic carbocycles. The van der Waals surface area contributed by atoms with Gasteiger partial charge in [-0.05, 0) is 30.2 Å². The molecule has 0 fully saturated rings. The summed E-state index contributed by atoms with van der Waals surface area (Å²) in [6, 6.07) is 14.5. The van der Waals surface area contributed by atoms with E-state index in [0.717, 1.165) is 23.3 Å². The highest BCUT2D eigenvalue weighted by molar-refractivity contribution is 14.0. The summed E-state index contributed by atoms with van der Waals surface area (Å²) in [6.45, 7) is 1.29. The topological polar surface area (TPSA) is 45.7 Å². The van der Waals surface area contributed by atoms with Crippen LogP contribution in [0.2, 0.25) is 0 Å². The number of nitrogens with zero attached hydrogens (tertiary/aromatic N) is 1. The first-order valence-electron chi connectivity index (χ1n) is 7.54. The summed E-state index contributed by atoms with van der Waals surface area (Å²) in [7, 11) is 3.38. The molecule has 0 bridgehead atoms. The van der Waals surface area contributed by atoms with Crippen molar-refractivity contribution in [3.63, 3.8) is 0 Å². The van der Waals surface area contributed by atoms with Crippen LogP contribution >= 0.6 is 24.0 Å². The number of hydrogen-bond acceptors (Lipinski definition) is 2. The van der Waals surface area contributed by atoms with Crippen LogP contribution in [0.3, 0.4) is 0 Å². The van der Waals surface area contributed by atoms with Crippen molar-refractivity contribution >= 4 is 29.9 Å². The molecule has 6 heteroatoms. The first-order chi connectivity index (χ1) is 11.2. The monoisotopic (exact) mass is 443 g/mol. The predicted molar refractivity (Wildman–Crippen MR) is 107 cm³/mol. The number of nitrogens with one attached hydrogen (secondary N) is 2. The molecule has 0 spiro atoms. The fourth-order valence-corrected chi connectivity index (χ4v) is 2.27. The van der Waals surface area contributed by atoms with Gasteiger partial charge in [-0.2, -0.15) is 0 Å². The molecule has 0 atom stereocenters. The van der Waals surface area contributed by atoms with Crippen LogP contribution in [-0.4, -0.2) is 26.7 Å². The van der Waals surface area contributed by atoms with Crippen LogP contribution in [-0.2, 0) is 13.0 Å². The summed E-state index contributed by atoms with van der Waals surface area (Å²) in [5, 5.41) is 6.46. The molecule has 2 aromatic rings. The lowest BCUT2D eigenvalue weighted by Gasteiger charge is -2.13. The number of guanidine groups is 1. The Bertz CT molecular complexity index is 664. The maximum atomic E-state index is 13.1. The van der Waals surface area contributed by atoms with Crippen LogP contribution in [0, 0.1) is 5.82 Å². The van der Waals surface area contributed by atoms with E-state index in [-0.39, 0.29) is 29.8 Å². The molecule has 4 nitrogen and oxygen atoms in total. The molecule has 0 unspecified atom stereocenters. The average molecular weight is 443 g/mol. The number of halogens is 2. The Morgan fingerprint density at radius 1 is 1.12 bits per heavy atom. The summed E-state index contributed by atoms with van der Waals surface area (Å²) in [5.74, 6) is 1.34. The molecule has 0 saturated carbocycles. The maximum absolute atomic E-state index is 13.1. The van der Waals surface area contributed by atoms with Crippen molar-refractivity contribution in [2.75, 3.05) is 20.7 Å². The minimum Gasteiger partial charge on any atom is -0.496 e. The third-order valence-electron chi connectivity index (χ3n) is 3.46. The summed E-state index contributed by atoms with van der Waals surface area (Å²) >= 11 is 0. The standard InChI is InChI=1S/C18H22FN3O.HI/c1-20-18(21-11-10-14-6-5-8-16(19)12-14)22-13-15-7-3-4-9-17(15)23-2;/h3-9,12H,10-11,13H2,1-2H3,(H2,20,21,22);1H. The number of benzene rings is 2. The van der Waals surface area contributed by atoms with Crippen LogP contribution in [0.5, 0.6) is 5.75 Å². The number of methoxy groups -OCH3 is 1. The summed E-state index contributed by atoms with van der Waals surface area (Å²) in [6.07, 6.45) is 0.729. The van der Waals surface area contributed by atoms with E-state index in [4.69, 9.17) is 4.74 Å². The molecule has 24 heavy (non-hydrogen) atoms. The molecular formula is C18H23FIN3O. The zero-order chi connectivity index (χ0) is 16.5. The molecule has 0 radical (unpaired) electrons. The van der Waals surface area contributed by atoms with Crippen LogP contribution in [0.1, 0.15) is 11.1 Å². The zero-order valence-electron chi connectivity index (χ0n) is 13.9. The van der Waals surface area contributed by atoms with E-state index >= 15 is 0 Å². The first kappa shape index (κ1) is 20.2. The molecule has 2 aromatic carbocycles. The van der Waals surface area contributed by atoms with E-state index in [2.05, 4.69) is 15.6 Å². The molecule has 0 aliphatic heterocycles. The van der Waals surface area contributed by atoms with Gasteiger partial charge in [0.2, 0.25) is 0 Å². The van der Waals surface area contributed by atoms with Crippen molar-refractivity contribution in [2.45, 2.75) is 13.0 Å². The third-order valence-corrected chi connectivity index (χ3v) is 3.46. The average Bonchev–Trinajstić information content (AvgIpc) is 2.58. The van der Waals surface area contributed by atoms with Gasteiger partial charge in [0.1, 0.15) is 11.6 Å². The molecule has 2 N–H and O–H groups in total. The van der Waals surface area contributed by atoms with Gasteiger partial charge in [0.15, 0.2) is 5.96 Å². The highest BCUT2D eigenvalue weighted by Crippen LogP contribution is 2.16. The van der Waals surface area contributed by atoms with Crippen molar-refractivity contribution in [1.29, 1.82) is 0 Å². The SMILES string of the molecule is CN=C(NCCc1cccc(F)c1)NCc1ccccc1OC.I. The Labute approximate surface area is 159 Å². The summed E-state index contributed by atoms with van der Waals surface area (Å²) in [4.78, 5) is 4.19. The highest BCUT2D eigenvalue weighted by atomic mass is 127. The fraction of sp³-hybridized carbons (Fsp3) is 0.278. The smallest absolute Gasteiger partial charge is 0.191 e. The van der Waals surface area contributed by atoms with Gasteiger partial charge in [-0.1, -0.05) is 30.3 Å². The summed E-state index contributed by atoms with van der Waals surface area (Å²) in [5.41, 5.74) is 2.01. The molecular weight excluding hydrogens is 420 g/mol. The van der Waals surface area contributed by atoms with Gasteiger partial charge in [-0.3, -0.25) is 4.99 Å². The second kappa shape index (κ2) is 10.9. The molecule has 130 valence electrons. The maximum Gasteiger partial charge on any atom is 0.191 e. The van der Waals surface area contributed by atoms with Crippen molar-refractivity contribution in [2.24, 2.45) is 4.99 Å². The molecule has 0 aliphatic rings. The van der Waals surface area contributed by atoms with Crippen LogP contribution < -0.4 is 15.4 Å². The Kier molecular flexibility index (Phi) is 9.14. The van der Waals surface area contributed by atoms with E-state index in [9.17, 15) is 4.39 Å². The van der Waals surface area contributed by atoms with Gasteiger partial charge >= 0.3 is 0 Å². The minimum absolute atomic E-state index is 0. The lowest BCUT2D eigenvalue weighted by molar-refractivity contribution is 0.409. The molecule has 0 aromatic heterocycles. The number of aliphatic imine (C=N–C) groups is 1. The predicted octanol–water partition coefficient (Wildman–Crippen LogP) is 3.36. The lowest BCUT2D eigenvalue weighted by atomic mass is 10.1. The van der Waals surface area contributed by atoms with E-state index in [1.54, 1.807) is 26.3 Å². The van der Waals surface area contributed by atoms with Crippen molar-refractivity contribution < 1.29 is 9.13 Å². The quantitative estimate of drug-likeness (QED) is 0.409. The van der Waals surface area contributed by atoms with Crippen molar-refractivity contribution in [3.05, 3.63) is 65.5 Å². The van der Waals surface area contributed by atoms with Gasteiger partial charge in [0.25, 0.3) is 0 Å². The van der Waals surface area contributed by atoms with E-state index < -0.39 is 0 Å². The minimum atomic E-state index is -0.207. The van der Waals surface area contributed by atoms with Crippen molar-refractivity contribution in [1.82, 2.24) is 10.6 Å². The third kappa shape index (κ3) is 6.35. The number of ether oxygens (including phenoxy) is 1. The lowest BCUT2D eigenvalue weighted by Crippen LogP contribution is -2.37. The Hall–Kier alpha value is -1.83. The Morgan fingerprint density at radius 3 is 2.62 bits per heavy atom. The summed E-state index contributed by atoms with van der Waals surface area (Å²) < 4.78 is 18.5. The highest BCUT2D eigenvalue weighted by Gasteiger charge is 2.03. The first-order valence-corrected chi connectivity index (χ1v) is 7.54. The zero-order valence-corrected chi connectivity index (χ0v) is 16.2.